The largest absolute Gasteiger partial charge is 0.408 e. The van der Waals surface area contributed by atoms with Crippen molar-refractivity contribution >= 4 is 11.9 Å². The summed E-state index contributed by atoms with van der Waals surface area (Å²) in [6.45, 7) is 3.57. The van der Waals surface area contributed by atoms with Crippen molar-refractivity contribution in [2.75, 3.05) is 0 Å². The van der Waals surface area contributed by atoms with Gasteiger partial charge in [0.05, 0.1) is 0 Å². The predicted octanol–water partition coefficient (Wildman–Crippen LogP) is 1.36. The van der Waals surface area contributed by atoms with E-state index in [2.05, 4.69) is 20.0 Å². The lowest BCUT2D eigenvalue weighted by atomic mass is 10.2. The van der Waals surface area contributed by atoms with Gasteiger partial charge in [0.2, 0.25) is 0 Å². The number of nitrogens with zero attached hydrogens (tertiary/aromatic N) is 2. The smallest absolute Gasteiger partial charge is 0.247 e. The minimum Gasteiger partial charge on any atom is -0.247 e. The molecule has 1 aliphatic heterocycles. The van der Waals surface area contributed by atoms with E-state index < -0.39 is 17.6 Å². The van der Waals surface area contributed by atoms with Crippen molar-refractivity contribution in [3.63, 3.8) is 0 Å². The number of carbonyl (C=O) groups is 2. The van der Waals surface area contributed by atoms with Crippen LogP contribution in [0.15, 0.2) is 10.2 Å². The summed E-state index contributed by atoms with van der Waals surface area (Å²) >= 11 is 0. The van der Waals surface area contributed by atoms with Gasteiger partial charge in [0.1, 0.15) is 0 Å². The molecule has 6 nitrogen and oxygen atoms in total. The molecule has 1 rings (SSSR count). The number of hydrogen-bond donors (Lipinski definition) is 0. The molecule has 0 aromatic carbocycles. The van der Waals surface area contributed by atoms with Crippen molar-refractivity contribution in [2.24, 2.45) is 10.2 Å². The third-order valence-corrected chi connectivity index (χ3v) is 1.83. The van der Waals surface area contributed by atoms with Crippen LogP contribution < -0.4 is 0 Å². The Morgan fingerprint density at radius 2 is 1.86 bits per heavy atom. The standard InChI is InChI=1S/C8H12N2O4/c1-3-5-6(11)13-14-7(12)8(4-2)9-10-8/h3-5H2,1-2H3. The first kappa shape index (κ1) is 10.6. The molecule has 0 spiro atoms. The fraction of sp³-hybridized carbons (Fsp3) is 0.750. The Balaban J connectivity index is 2.25. The Morgan fingerprint density at radius 3 is 2.29 bits per heavy atom. The Labute approximate surface area is 81.2 Å². The molecule has 0 amide bonds. The first-order valence-corrected chi connectivity index (χ1v) is 4.50. The van der Waals surface area contributed by atoms with Gasteiger partial charge in [0.25, 0.3) is 5.66 Å². The van der Waals surface area contributed by atoms with Crippen molar-refractivity contribution in [1.82, 2.24) is 0 Å². The van der Waals surface area contributed by atoms with E-state index >= 15 is 0 Å². The van der Waals surface area contributed by atoms with E-state index in [9.17, 15) is 9.59 Å². The highest BCUT2D eigenvalue weighted by Gasteiger charge is 2.50. The molecule has 6 heteroatoms. The zero-order chi connectivity index (χ0) is 10.6. The van der Waals surface area contributed by atoms with E-state index in [-0.39, 0.29) is 6.42 Å². The van der Waals surface area contributed by atoms with Crippen LogP contribution >= 0.6 is 0 Å². The molecule has 0 atom stereocenters. The quantitative estimate of drug-likeness (QED) is 0.507. The molecule has 0 unspecified atom stereocenters. The maximum absolute atomic E-state index is 11.2. The lowest BCUT2D eigenvalue weighted by molar-refractivity contribution is -0.261. The SMILES string of the molecule is CCCC(=O)OOC(=O)C1(CC)N=N1. The number of hydrogen-bond acceptors (Lipinski definition) is 6. The van der Waals surface area contributed by atoms with Gasteiger partial charge in [-0.15, -0.1) is 10.2 Å². The third kappa shape index (κ3) is 2.27. The highest BCUT2D eigenvalue weighted by molar-refractivity contribution is 5.83. The van der Waals surface area contributed by atoms with Crippen molar-refractivity contribution < 1.29 is 19.4 Å². The van der Waals surface area contributed by atoms with E-state index in [4.69, 9.17) is 0 Å². The third-order valence-electron chi connectivity index (χ3n) is 1.83. The normalized spacial score (nSPS) is 16.1. The summed E-state index contributed by atoms with van der Waals surface area (Å²) < 4.78 is 0. The molecule has 0 bridgehead atoms. The number of carbonyl (C=O) groups excluding carboxylic acids is 2. The highest BCUT2D eigenvalue weighted by Crippen LogP contribution is 2.32. The van der Waals surface area contributed by atoms with Crippen LogP contribution in [-0.4, -0.2) is 17.6 Å². The van der Waals surface area contributed by atoms with Gasteiger partial charge >= 0.3 is 11.9 Å². The van der Waals surface area contributed by atoms with E-state index in [1.54, 1.807) is 6.92 Å². The van der Waals surface area contributed by atoms with Gasteiger partial charge in [-0.1, -0.05) is 13.8 Å². The summed E-state index contributed by atoms with van der Waals surface area (Å²) in [6, 6.07) is 0. The van der Waals surface area contributed by atoms with Crippen LogP contribution in [0.3, 0.4) is 0 Å². The highest BCUT2D eigenvalue weighted by atomic mass is 17.2. The van der Waals surface area contributed by atoms with E-state index in [1.165, 1.54) is 0 Å². The zero-order valence-electron chi connectivity index (χ0n) is 8.15. The van der Waals surface area contributed by atoms with E-state index in [1.807, 2.05) is 6.92 Å². The summed E-state index contributed by atoms with van der Waals surface area (Å²) in [5.41, 5.74) is -1.10. The molecular formula is C8H12N2O4. The lowest BCUT2D eigenvalue weighted by Gasteiger charge is -2.05. The first-order valence-electron chi connectivity index (χ1n) is 4.50. The second-order valence-corrected chi connectivity index (χ2v) is 2.95. The van der Waals surface area contributed by atoms with Gasteiger partial charge in [-0.2, -0.15) is 0 Å². The monoisotopic (exact) mass is 200 g/mol. The van der Waals surface area contributed by atoms with Gasteiger partial charge in [-0.05, 0) is 6.42 Å². The molecule has 0 aromatic rings. The molecule has 0 aliphatic carbocycles. The summed E-state index contributed by atoms with van der Waals surface area (Å²) in [5, 5.41) is 7.07. The molecule has 0 N–H and O–H groups in total. The molecule has 78 valence electrons. The zero-order valence-corrected chi connectivity index (χ0v) is 8.15. The molecule has 0 fully saturated rings. The van der Waals surface area contributed by atoms with Gasteiger partial charge in [0, 0.05) is 12.8 Å². The lowest BCUT2D eigenvalue weighted by Crippen LogP contribution is -2.27. The Bertz CT molecular complexity index is 269. The average Bonchev–Trinajstić information content (AvgIpc) is 2.95. The molecule has 0 aromatic heterocycles. The minimum absolute atomic E-state index is 0.223. The summed E-state index contributed by atoms with van der Waals surface area (Å²) in [5.74, 6) is -1.29. The molecule has 1 aliphatic rings. The van der Waals surface area contributed by atoms with Crippen molar-refractivity contribution in [2.45, 2.75) is 38.8 Å². The van der Waals surface area contributed by atoms with E-state index in [0.29, 0.717) is 12.8 Å². The van der Waals surface area contributed by atoms with Gasteiger partial charge < -0.3 is 0 Å². The van der Waals surface area contributed by atoms with Crippen molar-refractivity contribution in [1.29, 1.82) is 0 Å². The van der Waals surface area contributed by atoms with Crippen LogP contribution in [0.2, 0.25) is 0 Å². The molecule has 0 saturated carbocycles. The second kappa shape index (κ2) is 4.17. The first-order chi connectivity index (χ1) is 6.64. The minimum atomic E-state index is -1.10. The molecule has 0 radical (unpaired) electrons. The number of rotatable bonds is 4. The maximum Gasteiger partial charge on any atom is 0.408 e. The Kier molecular flexibility index (Phi) is 3.16. The Morgan fingerprint density at radius 1 is 1.21 bits per heavy atom. The fourth-order valence-corrected chi connectivity index (χ4v) is 0.825. The van der Waals surface area contributed by atoms with Gasteiger partial charge in [0.15, 0.2) is 0 Å². The van der Waals surface area contributed by atoms with Crippen molar-refractivity contribution in [3.05, 3.63) is 0 Å². The Hall–Kier alpha value is -1.46. The van der Waals surface area contributed by atoms with Crippen LogP contribution in [0.25, 0.3) is 0 Å². The van der Waals surface area contributed by atoms with Crippen LogP contribution in [-0.2, 0) is 19.4 Å². The van der Waals surface area contributed by atoms with Crippen molar-refractivity contribution in [3.8, 4) is 0 Å². The van der Waals surface area contributed by atoms with Crippen LogP contribution in [0.4, 0.5) is 0 Å². The van der Waals surface area contributed by atoms with Crippen LogP contribution in [0.5, 0.6) is 0 Å². The molecule has 1 heterocycles. The summed E-state index contributed by atoms with van der Waals surface area (Å²) in [6.07, 6.45) is 1.28. The maximum atomic E-state index is 11.2. The predicted molar refractivity (Wildman–Crippen MR) is 45.0 cm³/mol. The van der Waals surface area contributed by atoms with Gasteiger partial charge in [-0.3, -0.25) is 0 Å². The summed E-state index contributed by atoms with van der Waals surface area (Å²) in [4.78, 5) is 30.6. The van der Waals surface area contributed by atoms with Gasteiger partial charge in [-0.25, -0.2) is 19.4 Å². The van der Waals surface area contributed by atoms with E-state index in [0.717, 1.165) is 0 Å². The van der Waals surface area contributed by atoms with Crippen LogP contribution in [0, 0.1) is 0 Å². The molecule has 14 heavy (non-hydrogen) atoms. The molecular weight excluding hydrogens is 188 g/mol. The second-order valence-electron chi connectivity index (χ2n) is 2.95. The molecule has 0 saturated heterocycles. The fourth-order valence-electron chi connectivity index (χ4n) is 0.825. The average molecular weight is 200 g/mol. The topological polar surface area (TPSA) is 77.3 Å². The van der Waals surface area contributed by atoms with Crippen LogP contribution in [0.1, 0.15) is 33.1 Å². The summed E-state index contributed by atoms with van der Waals surface area (Å²) in [7, 11) is 0.